The lowest BCUT2D eigenvalue weighted by molar-refractivity contribution is -0.385. The minimum atomic E-state index is -3.93. The number of nitrogens with zero attached hydrogens (tertiary/aromatic N) is 2. The van der Waals surface area contributed by atoms with Crippen molar-refractivity contribution in [1.29, 1.82) is 0 Å². The van der Waals surface area contributed by atoms with Crippen molar-refractivity contribution in [3.05, 3.63) is 99.6 Å². The molecule has 3 aromatic rings. The predicted octanol–water partition coefficient (Wildman–Crippen LogP) is 4.88. The zero-order chi connectivity index (χ0) is 20.3. The molecule has 0 aliphatic carbocycles. The highest BCUT2D eigenvalue weighted by molar-refractivity contribution is 7.92. The summed E-state index contributed by atoms with van der Waals surface area (Å²) in [5.41, 5.74) is 2.91. The second kappa shape index (κ2) is 7.82. The molecule has 0 unspecified atom stereocenters. The molecule has 0 saturated heterocycles. The Morgan fingerprint density at radius 3 is 1.75 bits per heavy atom. The van der Waals surface area contributed by atoms with Gasteiger partial charge in [0.1, 0.15) is 5.75 Å². The van der Waals surface area contributed by atoms with Gasteiger partial charge in [-0.3, -0.25) is 10.1 Å². The monoisotopic (exact) mass is 396 g/mol. The first-order chi connectivity index (χ1) is 13.3. The van der Waals surface area contributed by atoms with E-state index in [0.717, 1.165) is 11.1 Å². The Hall–Kier alpha value is -3.19. The fraction of sp³-hybridized carbons (Fsp3) is 0.143. The fourth-order valence-electron chi connectivity index (χ4n) is 2.90. The third-order valence-corrected chi connectivity index (χ3v) is 6.00. The Balaban J connectivity index is 2.10. The summed E-state index contributed by atoms with van der Waals surface area (Å²) in [6.07, 6.45) is 0. The molecule has 28 heavy (non-hydrogen) atoms. The second-order valence-electron chi connectivity index (χ2n) is 6.58. The van der Waals surface area contributed by atoms with E-state index in [4.69, 9.17) is 0 Å². The molecule has 7 heteroatoms. The first-order valence-corrected chi connectivity index (χ1v) is 10.3. The smallest absolute Gasteiger partial charge is 0.258 e. The number of anilines is 2. The lowest BCUT2D eigenvalue weighted by atomic mass is 10.2. The Morgan fingerprint density at radius 1 is 0.821 bits per heavy atom. The molecule has 0 heterocycles. The van der Waals surface area contributed by atoms with Crippen LogP contribution in [0.5, 0.6) is 0 Å². The summed E-state index contributed by atoms with van der Waals surface area (Å²) < 4.78 is 27.9. The van der Waals surface area contributed by atoms with Crippen LogP contribution in [0.1, 0.15) is 16.7 Å². The van der Waals surface area contributed by atoms with Gasteiger partial charge in [0.15, 0.2) is 0 Å². The maximum absolute atomic E-state index is 13.3. The maximum atomic E-state index is 13.3. The quantitative estimate of drug-likeness (QED) is 0.439. The predicted molar refractivity (Wildman–Crippen MR) is 110 cm³/mol. The van der Waals surface area contributed by atoms with Crippen molar-refractivity contribution < 1.29 is 13.3 Å². The molecule has 144 valence electrons. The van der Waals surface area contributed by atoms with Crippen molar-refractivity contribution >= 4 is 27.1 Å². The number of nitro groups is 1. The highest BCUT2D eigenvalue weighted by Crippen LogP contribution is 2.32. The maximum Gasteiger partial charge on any atom is 0.273 e. The first kappa shape index (κ1) is 19.6. The van der Waals surface area contributed by atoms with Crippen LogP contribution in [-0.2, 0) is 15.8 Å². The third kappa shape index (κ3) is 4.20. The highest BCUT2D eigenvalue weighted by Gasteiger charge is 2.28. The molecular weight excluding hydrogens is 376 g/mol. The highest BCUT2D eigenvalue weighted by atomic mass is 32.2. The average Bonchev–Trinajstić information content (AvgIpc) is 2.65. The molecule has 6 nitrogen and oxygen atoms in total. The second-order valence-corrected chi connectivity index (χ2v) is 8.40. The third-order valence-electron chi connectivity index (χ3n) is 4.34. The van der Waals surface area contributed by atoms with Gasteiger partial charge in [0, 0.05) is 11.6 Å². The SMILES string of the molecule is Cc1ccc(N(c2ccc(C)cc2)S(=O)(=O)Cc2ccccc2[N+](=O)[O-])cc1. The van der Waals surface area contributed by atoms with Gasteiger partial charge in [-0.25, -0.2) is 12.7 Å². The number of aryl methyl sites for hydroxylation is 2. The van der Waals surface area contributed by atoms with Crippen molar-refractivity contribution in [2.24, 2.45) is 0 Å². The Bertz CT molecular complexity index is 1050. The van der Waals surface area contributed by atoms with Gasteiger partial charge in [0.05, 0.1) is 16.3 Å². The number of hydrogen-bond acceptors (Lipinski definition) is 4. The minimum Gasteiger partial charge on any atom is -0.258 e. The van der Waals surface area contributed by atoms with Gasteiger partial charge < -0.3 is 0 Å². The number of para-hydroxylation sites is 1. The molecule has 0 N–H and O–H groups in total. The van der Waals surface area contributed by atoms with E-state index in [1.807, 2.05) is 38.1 Å². The van der Waals surface area contributed by atoms with E-state index in [1.165, 1.54) is 22.5 Å². The fourth-order valence-corrected chi connectivity index (χ4v) is 4.55. The van der Waals surface area contributed by atoms with Gasteiger partial charge >= 0.3 is 0 Å². The first-order valence-electron chi connectivity index (χ1n) is 8.66. The molecule has 0 fully saturated rings. The number of nitro benzene ring substituents is 1. The van der Waals surface area contributed by atoms with Crippen LogP contribution >= 0.6 is 0 Å². The van der Waals surface area contributed by atoms with E-state index >= 15 is 0 Å². The number of sulfonamides is 1. The summed E-state index contributed by atoms with van der Waals surface area (Å²) in [5.74, 6) is -0.480. The van der Waals surface area contributed by atoms with Gasteiger partial charge in [0.25, 0.3) is 5.69 Å². The summed E-state index contributed by atoms with van der Waals surface area (Å²) in [5, 5.41) is 11.3. The Labute approximate surface area is 164 Å². The van der Waals surface area contributed by atoms with E-state index in [0.29, 0.717) is 11.4 Å². The molecule has 0 atom stereocenters. The molecule has 0 amide bonds. The summed E-state index contributed by atoms with van der Waals surface area (Å²) in [4.78, 5) is 10.7. The van der Waals surface area contributed by atoms with Gasteiger partial charge in [-0.05, 0) is 38.1 Å². The summed E-state index contributed by atoms with van der Waals surface area (Å²) in [7, 11) is -3.93. The Kier molecular flexibility index (Phi) is 5.46. The number of rotatable bonds is 6. The molecule has 3 rings (SSSR count). The molecule has 0 aliphatic rings. The van der Waals surface area contributed by atoms with Crippen LogP contribution < -0.4 is 4.31 Å². The van der Waals surface area contributed by atoms with Crippen LogP contribution in [0.4, 0.5) is 17.1 Å². The Morgan fingerprint density at radius 2 is 1.29 bits per heavy atom. The topological polar surface area (TPSA) is 80.5 Å². The van der Waals surface area contributed by atoms with Crippen LogP contribution in [0.15, 0.2) is 72.8 Å². The normalized spacial score (nSPS) is 11.2. The minimum absolute atomic E-state index is 0.150. The van der Waals surface area contributed by atoms with E-state index in [9.17, 15) is 18.5 Å². The molecule has 0 aromatic heterocycles. The summed E-state index contributed by atoms with van der Waals surface area (Å²) >= 11 is 0. The average molecular weight is 396 g/mol. The zero-order valence-electron chi connectivity index (χ0n) is 15.6. The van der Waals surface area contributed by atoms with Gasteiger partial charge in [-0.2, -0.15) is 0 Å². The van der Waals surface area contributed by atoms with E-state index in [1.54, 1.807) is 30.3 Å². The van der Waals surface area contributed by atoms with Crippen LogP contribution in [0.25, 0.3) is 0 Å². The lowest BCUT2D eigenvalue weighted by Gasteiger charge is -2.25. The largest absolute Gasteiger partial charge is 0.273 e. The van der Waals surface area contributed by atoms with Crippen LogP contribution in [0.2, 0.25) is 0 Å². The van der Waals surface area contributed by atoms with Crippen molar-refractivity contribution in [3.8, 4) is 0 Å². The molecule has 0 spiro atoms. The van der Waals surface area contributed by atoms with Crippen LogP contribution in [0, 0.1) is 24.0 Å². The van der Waals surface area contributed by atoms with E-state index in [-0.39, 0.29) is 11.3 Å². The van der Waals surface area contributed by atoms with E-state index in [2.05, 4.69) is 0 Å². The molecule has 0 aliphatic heterocycles. The van der Waals surface area contributed by atoms with Crippen molar-refractivity contribution in [3.63, 3.8) is 0 Å². The molecule has 0 bridgehead atoms. The molecular formula is C21H20N2O4S. The summed E-state index contributed by atoms with van der Waals surface area (Å²) in [6, 6.07) is 20.1. The van der Waals surface area contributed by atoms with Crippen molar-refractivity contribution in [1.82, 2.24) is 0 Å². The van der Waals surface area contributed by atoms with Crippen molar-refractivity contribution in [2.45, 2.75) is 19.6 Å². The lowest BCUT2D eigenvalue weighted by Crippen LogP contribution is -2.27. The number of benzene rings is 3. The van der Waals surface area contributed by atoms with E-state index < -0.39 is 20.7 Å². The molecule has 3 aromatic carbocycles. The zero-order valence-corrected chi connectivity index (χ0v) is 16.4. The van der Waals surface area contributed by atoms with Crippen LogP contribution in [-0.4, -0.2) is 13.3 Å². The summed E-state index contributed by atoms with van der Waals surface area (Å²) in [6.45, 7) is 3.84. The standard InChI is InChI=1S/C21H20N2O4S/c1-16-7-11-19(12-8-16)22(20-13-9-17(2)10-14-20)28(26,27)15-18-5-3-4-6-21(18)23(24)25/h3-14H,15H2,1-2H3. The van der Waals surface area contributed by atoms with Crippen LogP contribution in [0.3, 0.4) is 0 Å². The number of hydrogen-bond donors (Lipinski definition) is 0. The molecule has 0 radical (unpaired) electrons. The van der Waals surface area contributed by atoms with Gasteiger partial charge in [-0.15, -0.1) is 0 Å². The van der Waals surface area contributed by atoms with Crippen molar-refractivity contribution in [2.75, 3.05) is 4.31 Å². The van der Waals surface area contributed by atoms with Gasteiger partial charge in [-0.1, -0.05) is 53.6 Å². The molecule has 0 saturated carbocycles. The van der Waals surface area contributed by atoms with Gasteiger partial charge in [0.2, 0.25) is 10.0 Å².